The Morgan fingerprint density at radius 3 is 3.12 bits per heavy atom. The molecule has 2 rings (SSSR count). The number of amides is 2. The van der Waals surface area contributed by atoms with Crippen LogP contribution in [0.25, 0.3) is 0 Å². The summed E-state index contributed by atoms with van der Waals surface area (Å²) in [5.41, 5.74) is 6.24. The lowest BCUT2D eigenvalue weighted by Crippen LogP contribution is -2.38. The molecule has 1 saturated heterocycles. The summed E-state index contributed by atoms with van der Waals surface area (Å²) < 4.78 is 0. The van der Waals surface area contributed by atoms with Gasteiger partial charge in [-0.05, 0) is 18.6 Å². The minimum atomic E-state index is -0.292. The quantitative estimate of drug-likeness (QED) is 0.693. The second kappa shape index (κ2) is 4.82. The molecule has 0 unspecified atom stereocenters. The van der Waals surface area contributed by atoms with Gasteiger partial charge in [0.2, 0.25) is 5.91 Å². The first-order valence-electron chi connectivity index (χ1n) is 5.45. The molecule has 17 heavy (non-hydrogen) atoms. The molecule has 0 spiro atoms. The summed E-state index contributed by atoms with van der Waals surface area (Å²) in [6.07, 6.45) is 2.26. The highest BCUT2D eigenvalue weighted by Gasteiger charge is 2.23. The summed E-state index contributed by atoms with van der Waals surface area (Å²) in [5.74, 6) is -0.439. The smallest absolute Gasteiger partial charge is 0.275 e. The summed E-state index contributed by atoms with van der Waals surface area (Å²) in [5, 5.41) is 2.71. The normalized spacial score (nSPS) is 16.2. The zero-order valence-electron chi connectivity index (χ0n) is 9.35. The molecule has 1 aromatic heterocycles. The van der Waals surface area contributed by atoms with Crippen LogP contribution in [0.1, 0.15) is 16.9 Å². The Morgan fingerprint density at radius 1 is 1.53 bits per heavy atom. The minimum Gasteiger partial charge on any atom is -0.397 e. The Hall–Kier alpha value is -2.11. The van der Waals surface area contributed by atoms with E-state index >= 15 is 0 Å². The van der Waals surface area contributed by atoms with Gasteiger partial charge in [-0.2, -0.15) is 0 Å². The number of nitrogens with one attached hydrogen (secondary N) is 1. The van der Waals surface area contributed by atoms with Gasteiger partial charge in [-0.1, -0.05) is 0 Å². The zero-order chi connectivity index (χ0) is 12.3. The van der Waals surface area contributed by atoms with Gasteiger partial charge < -0.3 is 16.0 Å². The average Bonchev–Trinajstić information content (AvgIpc) is 2.54. The average molecular weight is 234 g/mol. The Bertz CT molecular complexity index is 447. The number of carbonyl (C=O) groups is 2. The molecular weight excluding hydrogens is 220 g/mol. The van der Waals surface area contributed by atoms with Gasteiger partial charge in [0.25, 0.3) is 5.91 Å². The first-order chi connectivity index (χ1) is 8.18. The van der Waals surface area contributed by atoms with Gasteiger partial charge in [0.15, 0.2) is 5.69 Å². The highest BCUT2D eigenvalue weighted by atomic mass is 16.2. The maximum atomic E-state index is 12.1. The van der Waals surface area contributed by atoms with Gasteiger partial charge in [0, 0.05) is 19.3 Å². The van der Waals surface area contributed by atoms with Crippen LogP contribution in [0, 0.1) is 0 Å². The van der Waals surface area contributed by atoms with E-state index in [0.717, 1.165) is 6.42 Å². The topological polar surface area (TPSA) is 88.3 Å². The number of hydrogen-bond acceptors (Lipinski definition) is 4. The number of aromatic nitrogens is 1. The van der Waals surface area contributed by atoms with Gasteiger partial charge in [-0.3, -0.25) is 9.59 Å². The number of anilines is 1. The van der Waals surface area contributed by atoms with Crippen molar-refractivity contribution in [3.05, 3.63) is 24.0 Å². The lowest BCUT2D eigenvalue weighted by molar-refractivity contribution is -0.121. The van der Waals surface area contributed by atoms with Crippen molar-refractivity contribution in [3.8, 4) is 0 Å². The van der Waals surface area contributed by atoms with Crippen LogP contribution >= 0.6 is 0 Å². The summed E-state index contributed by atoms with van der Waals surface area (Å²) >= 11 is 0. The summed E-state index contributed by atoms with van der Waals surface area (Å²) in [4.78, 5) is 28.9. The molecule has 0 saturated carbocycles. The molecule has 2 amide bonds. The van der Waals surface area contributed by atoms with Crippen LogP contribution in [0.2, 0.25) is 0 Å². The highest BCUT2D eigenvalue weighted by molar-refractivity contribution is 5.99. The predicted molar refractivity (Wildman–Crippen MR) is 62.2 cm³/mol. The maximum Gasteiger partial charge on any atom is 0.275 e. The Balaban J connectivity index is 2.19. The van der Waals surface area contributed by atoms with Crippen molar-refractivity contribution >= 4 is 17.5 Å². The van der Waals surface area contributed by atoms with Crippen molar-refractivity contribution < 1.29 is 9.59 Å². The highest BCUT2D eigenvalue weighted by Crippen LogP contribution is 2.11. The molecule has 1 fully saturated rings. The molecule has 0 bridgehead atoms. The first-order valence-corrected chi connectivity index (χ1v) is 5.45. The van der Waals surface area contributed by atoms with E-state index in [0.29, 0.717) is 18.8 Å². The van der Waals surface area contributed by atoms with Gasteiger partial charge >= 0.3 is 0 Å². The van der Waals surface area contributed by atoms with E-state index in [9.17, 15) is 9.59 Å². The van der Waals surface area contributed by atoms with Gasteiger partial charge in [0.05, 0.1) is 12.2 Å². The predicted octanol–water partition coefficient (Wildman–Crippen LogP) is -0.374. The molecule has 2 heterocycles. The third-order valence-electron chi connectivity index (χ3n) is 2.59. The molecule has 0 atom stereocenters. The number of nitrogens with zero attached hydrogens (tertiary/aromatic N) is 2. The van der Waals surface area contributed by atoms with Crippen LogP contribution in [0.5, 0.6) is 0 Å². The fourth-order valence-corrected chi connectivity index (χ4v) is 1.73. The van der Waals surface area contributed by atoms with Crippen molar-refractivity contribution in [2.75, 3.05) is 25.4 Å². The van der Waals surface area contributed by atoms with E-state index in [-0.39, 0.29) is 24.1 Å². The van der Waals surface area contributed by atoms with Gasteiger partial charge in [-0.25, -0.2) is 4.98 Å². The van der Waals surface area contributed by atoms with Crippen LogP contribution in [0.4, 0.5) is 5.69 Å². The number of carbonyl (C=O) groups excluding carboxylic acids is 2. The molecule has 90 valence electrons. The third kappa shape index (κ3) is 2.52. The van der Waals surface area contributed by atoms with Crippen molar-refractivity contribution in [1.29, 1.82) is 0 Å². The third-order valence-corrected chi connectivity index (χ3v) is 2.59. The standard InChI is InChI=1S/C11H14N4O2/c12-8-3-1-4-14-10(8)11(17)15-6-2-5-13-9(16)7-15/h1,3-4H,2,5-7,12H2,(H,13,16). The number of nitrogen functional groups attached to an aromatic ring is 1. The van der Waals surface area contributed by atoms with E-state index in [1.807, 2.05) is 0 Å². The summed E-state index contributed by atoms with van der Waals surface area (Å²) in [6.45, 7) is 1.20. The molecule has 0 radical (unpaired) electrons. The van der Waals surface area contributed by atoms with Crippen LogP contribution in [0.15, 0.2) is 18.3 Å². The molecule has 0 aromatic carbocycles. The maximum absolute atomic E-state index is 12.1. The van der Waals surface area contributed by atoms with E-state index in [2.05, 4.69) is 10.3 Å². The largest absolute Gasteiger partial charge is 0.397 e. The van der Waals surface area contributed by atoms with Crippen molar-refractivity contribution in [2.24, 2.45) is 0 Å². The SMILES string of the molecule is Nc1cccnc1C(=O)N1CCCNC(=O)C1. The van der Waals surface area contributed by atoms with E-state index in [4.69, 9.17) is 5.73 Å². The first kappa shape index (κ1) is 11.4. The Morgan fingerprint density at radius 2 is 2.35 bits per heavy atom. The van der Waals surface area contributed by atoms with Crippen LogP contribution in [-0.4, -0.2) is 41.3 Å². The number of hydrogen-bond donors (Lipinski definition) is 2. The molecule has 1 aliphatic heterocycles. The van der Waals surface area contributed by atoms with Crippen molar-refractivity contribution in [2.45, 2.75) is 6.42 Å². The van der Waals surface area contributed by atoms with E-state index < -0.39 is 0 Å². The lowest BCUT2D eigenvalue weighted by Gasteiger charge is -2.18. The summed E-state index contributed by atoms with van der Waals surface area (Å²) in [7, 11) is 0. The minimum absolute atomic E-state index is 0.0643. The number of pyridine rings is 1. The van der Waals surface area contributed by atoms with Crippen LogP contribution in [0.3, 0.4) is 0 Å². The second-order valence-electron chi connectivity index (χ2n) is 3.87. The number of nitrogens with two attached hydrogens (primary N) is 1. The monoisotopic (exact) mass is 234 g/mol. The fourth-order valence-electron chi connectivity index (χ4n) is 1.73. The lowest BCUT2D eigenvalue weighted by atomic mass is 10.2. The molecule has 1 aromatic rings. The molecular formula is C11H14N4O2. The van der Waals surface area contributed by atoms with E-state index in [1.54, 1.807) is 12.1 Å². The summed E-state index contributed by atoms with van der Waals surface area (Å²) in [6, 6.07) is 3.29. The van der Waals surface area contributed by atoms with Crippen molar-refractivity contribution in [3.63, 3.8) is 0 Å². The zero-order valence-corrected chi connectivity index (χ0v) is 9.35. The molecule has 0 aliphatic carbocycles. The van der Waals surface area contributed by atoms with Crippen LogP contribution in [-0.2, 0) is 4.79 Å². The Labute approximate surface area is 98.8 Å². The second-order valence-corrected chi connectivity index (χ2v) is 3.87. The number of rotatable bonds is 1. The molecule has 3 N–H and O–H groups in total. The molecule has 1 aliphatic rings. The fraction of sp³-hybridized carbons (Fsp3) is 0.364. The van der Waals surface area contributed by atoms with Crippen molar-refractivity contribution in [1.82, 2.24) is 15.2 Å². The Kier molecular flexibility index (Phi) is 3.22. The van der Waals surface area contributed by atoms with Crippen LogP contribution < -0.4 is 11.1 Å². The molecule has 6 nitrogen and oxygen atoms in total. The van der Waals surface area contributed by atoms with Gasteiger partial charge in [-0.15, -0.1) is 0 Å². The van der Waals surface area contributed by atoms with Gasteiger partial charge in [0.1, 0.15) is 0 Å². The van der Waals surface area contributed by atoms with E-state index in [1.165, 1.54) is 11.1 Å². The molecule has 6 heteroatoms.